The van der Waals surface area contributed by atoms with Gasteiger partial charge in [0.1, 0.15) is 5.69 Å². The van der Waals surface area contributed by atoms with Gasteiger partial charge in [0.05, 0.1) is 11.6 Å². The molecule has 2 fully saturated rings. The molecule has 0 aliphatic heterocycles. The Bertz CT molecular complexity index is 566. The van der Waals surface area contributed by atoms with Gasteiger partial charge in [-0.3, -0.25) is 14.3 Å². The lowest BCUT2D eigenvalue weighted by Gasteiger charge is -2.28. The van der Waals surface area contributed by atoms with E-state index >= 15 is 0 Å². The number of aromatic nitrogens is 2. The van der Waals surface area contributed by atoms with Gasteiger partial charge >= 0.3 is 5.97 Å². The molecule has 4 atom stereocenters. The van der Waals surface area contributed by atoms with E-state index in [1.54, 1.807) is 13.1 Å². The Kier molecular flexibility index (Phi) is 3.03. The molecular formula is C14H19N3O3. The topological polar surface area (TPSA) is 84.2 Å². The standard InChI is InChI=1S/C14H19N3O3/c1-7-5-10(17(2)16-7)13(18)15-12-9-4-3-8(6-9)11(12)14(19)20/h5,8-9,11-12H,3-4,6H2,1-2H3,(H,15,18)(H,19,20). The van der Waals surface area contributed by atoms with Gasteiger partial charge < -0.3 is 10.4 Å². The summed E-state index contributed by atoms with van der Waals surface area (Å²) in [4.78, 5) is 23.7. The Morgan fingerprint density at radius 3 is 2.70 bits per heavy atom. The zero-order chi connectivity index (χ0) is 14.4. The fourth-order valence-corrected chi connectivity index (χ4v) is 3.90. The maximum Gasteiger partial charge on any atom is 0.308 e. The van der Waals surface area contributed by atoms with Crippen molar-refractivity contribution in [1.29, 1.82) is 0 Å². The van der Waals surface area contributed by atoms with Gasteiger partial charge in [-0.15, -0.1) is 0 Å². The van der Waals surface area contributed by atoms with Crippen LogP contribution in [0.25, 0.3) is 0 Å². The summed E-state index contributed by atoms with van der Waals surface area (Å²) in [6.07, 6.45) is 2.91. The van der Waals surface area contributed by atoms with Crippen LogP contribution in [0, 0.1) is 24.7 Å². The molecule has 1 aromatic rings. The van der Waals surface area contributed by atoms with Gasteiger partial charge in [-0.2, -0.15) is 5.10 Å². The van der Waals surface area contributed by atoms with Crippen LogP contribution < -0.4 is 5.32 Å². The number of nitrogens with one attached hydrogen (secondary N) is 1. The number of fused-ring (bicyclic) bond motifs is 2. The highest BCUT2D eigenvalue weighted by Crippen LogP contribution is 2.48. The monoisotopic (exact) mass is 277 g/mol. The fraction of sp³-hybridized carbons (Fsp3) is 0.643. The Labute approximate surface area is 117 Å². The van der Waals surface area contributed by atoms with Gasteiger partial charge in [0.2, 0.25) is 0 Å². The quantitative estimate of drug-likeness (QED) is 0.861. The van der Waals surface area contributed by atoms with Crippen LogP contribution in [0.2, 0.25) is 0 Å². The summed E-state index contributed by atoms with van der Waals surface area (Å²) in [6, 6.07) is 1.48. The number of hydrogen-bond acceptors (Lipinski definition) is 3. The van der Waals surface area contributed by atoms with Gasteiger partial charge in [0.15, 0.2) is 0 Å². The zero-order valence-corrected chi connectivity index (χ0v) is 11.7. The molecule has 0 radical (unpaired) electrons. The van der Waals surface area contributed by atoms with Crippen molar-refractivity contribution >= 4 is 11.9 Å². The number of amides is 1. The Morgan fingerprint density at radius 1 is 1.40 bits per heavy atom. The summed E-state index contributed by atoms with van der Waals surface area (Å²) in [7, 11) is 1.72. The second kappa shape index (κ2) is 4.61. The van der Waals surface area contributed by atoms with Crippen molar-refractivity contribution in [2.45, 2.75) is 32.2 Å². The first kappa shape index (κ1) is 13.1. The molecule has 108 valence electrons. The van der Waals surface area contributed by atoms with Crippen LogP contribution in [-0.4, -0.2) is 32.8 Å². The second-order valence-electron chi connectivity index (χ2n) is 5.99. The van der Waals surface area contributed by atoms with Crippen molar-refractivity contribution in [3.05, 3.63) is 17.5 Å². The third-order valence-corrected chi connectivity index (χ3v) is 4.73. The van der Waals surface area contributed by atoms with Crippen LogP contribution in [0.1, 0.15) is 35.4 Å². The van der Waals surface area contributed by atoms with Crippen LogP contribution in [0.5, 0.6) is 0 Å². The van der Waals surface area contributed by atoms with Crippen LogP contribution in [-0.2, 0) is 11.8 Å². The van der Waals surface area contributed by atoms with E-state index in [-0.39, 0.29) is 17.9 Å². The van der Waals surface area contributed by atoms with Gasteiger partial charge in [0.25, 0.3) is 5.91 Å². The number of carboxylic acid groups (broad SMARTS) is 1. The molecule has 2 bridgehead atoms. The minimum Gasteiger partial charge on any atom is -0.481 e. The molecule has 1 amide bonds. The van der Waals surface area contributed by atoms with Crippen molar-refractivity contribution in [3.8, 4) is 0 Å². The van der Waals surface area contributed by atoms with E-state index in [0.29, 0.717) is 11.6 Å². The van der Waals surface area contributed by atoms with Crippen molar-refractivity contribution in [3.63, 3.8) is 0 Å². The molecule has 20 heavy (non-hydrogen) atoms. The molecule has 1 heterocycles. The van der Waals surface area contributed by atoms with Crippen molar-refractivity contribution < 1.29 is 14.7 Å². The van der Waals surface area contributed by atoms with E-state index in [9.17, 15) is 14.7 Å². The minimum atomic E-state index is -0.788. The minimum absolute atomic E-state index is 0.219. The fourth-order valence-electron chi connectivity index (χ4n) is 3.90. The number of carbonyl (C=O) groups excluding carboxylic acids is 1. The molecule has 2 aliphatic carbocycles. The van der Waals surface area contributed by atoms with Gasteiger partial charge in [0, 0.05) is 13.1 Å². The molecule has 2 N–H and O–H groups in total. The smallest absolute Gasteiger partial charge is 0.308 e. The maximum absolute atomic E-state index is 12.3. The lowest BCUT2D eigenvalue weighted by Crippen LogP contribution is -2.47. The van der Waals surface area contributed by atoms with Gasteiger partial charge in [-0.1, -0.05) is 0 Å². The van der Waals surface area contributed by atoms with E-state index in [2.05, 4.69) is 10.4 Å². The summed E-state index contributed by atoms with van der Waals surface area (Å²) in [5, 5.41) is 16.5. The highest BCUT2D eigenvalue weighted by Gasteiger charge is 2.51. The largest absolute Gasteiger partial charge is 0.481 e. The third kappa shape index (κ3) is 1.99. The Morgan fingerprint density at radius 2 is 2.10 bits per heavy atom. The molecule has 1 aromatic heterocycles. The van der Waals surface area contributed by atoms with Crippen molar-refractivity contribution in [2.75, 3.05) is 0 Å². The molecule has 6 nitrogen and oxygen atoms in total. The Balaban J connectivity index is 1.78. The molecular weight excluding hydrogens is 258 g/mol. The summed E-state index contributed by atoms with van der Waals surface area (Å²) in [5.41, 5.74) is 1.26. The maximum atomic E-state index is 12.3. The van der Waals surface area contributed by atoms with Crippen LogP contribution in [0.4, 0.5) is 0 Å². The first-order valence-electron chi connectivity index (χ1n) is 7.01. The summed E-state index contributed by atoms with van der Waals surface area (Å²) in [6.45, 7) is 1.83. The molecule has 0 spiro atoms. The van der Waals surface area contributed by atoms with Crippen LogP contribution in [0.15, 0.2) is 6.07 Å². The summed E-state index contributed by atoms with van der Waals surface area (Å²) < 4.78 is 1.54. The Hall–Kier alpha value is -1.85. The predicted octanol–water partition coefficient (Wildman–Crippen LogP) is 0.958. The normalized spacial score (nSPS) is 31.5. The lowest BCUT2D eigenvalue weighted by atomic mass is 9.84. The number of aryl methyl sites for hydroxylation is 2. The van der Waals surface area contributed by atoms with Crippen LogP contribution >= 0.6 is 0 Å². The number of carbonyl (C=O) groups is 2. The highest BCUT2D eigenvalue weighted by atomic mass is 16.4. The molecule has 3 rings (SSSR count). The number of aliphatic carboxylic acids is 1. The second-order valence-corrected chi connectivity index (χ2v) is 5.99. The van der Waals surface area contributed by atoms with Crippen molar-refractivity contribution in [2.24, 2.45) is 24.8 Å². The first-order chi connectivity index (χ1) is 9.47. The van der Waals surface area contributed by atoms with E-state index < -0.39 is 11.9 Å². The first-order valence-corrected chi connectivity index (χ1v) is 7.01. The average molecular weight is 277 g/mol. The SMILES string of the molecule is Cc1cc(C(=O)NC2C3CCC(C3)C2C(=O)O)n(C)n1. The third-order valence-electron chi connectivity index (χ3n) is 4.73. The van der Waals surface area contributed by atoms with E-state index in [1.165, 1.54) is 4.68 Å². The highest BCUT2D eigenvalue weighted by molar-refractivity contribution is 5.93. The van der Waals surface area contributed by atoms with Gasteiger partial charge in [-0.25, -0.2) is 0 Å². The molecule has 2 aliphatic rings. The summed E-state index contributed by atoms with van der Waals surface area (Å²) >= 11 is 0. The molecule has 2 saturated carbocycles. The number of rotatable bonds is 3. The average Bonchev–Trinajstić information content (AvgIpc) is 3.03. The molecule has 4 unspecified atom stereocenters. The number of carboxylic acids is 1. The van der Waals surface area contributed by atoms with E-state index in [4.69, 9.17) is 0 Å². The van der Waals surface area contributed by atoms with E-state index in [0.717, 1.165) is 25.0 Å². The van der Waals surface area contributed by atoms with Gasteiger partial charge in [-0.05, 0) is 44.1 Å². The zero-order valence-electron chi connectivity index (χ0n) is 11.7. The summed E-state index contributed by atoms with van der Waals surface area (Å²) in [5.74, 6) is -0.928. The molecule has 0 aromatic carbocycles. The molecule has 0 saturated heterocycles. The number of nitrogens with zero attached hydrogens (tertiary/aromatic N) is 2. The number of hydrogen-bond donors (Lipinski definition) is 2. The van der Waals surface area contributed by atoms with Crippen molar-refractivity contribution in [1.82, 2.24) is 15.1 Å². The lowest BCUT2D eigenvalue weighted by molar-refractivity contribution is -0.144. The predicted molar refractivity (Wildman–Crippen MR) is 71.2 cm³/mol. The van der Waals surface area contributed by atoms with Crippen LogP contribution in [0.3, 0.4) is 0 Å². The van der Waals surface area contributed by atoms with E-state index in [1.807, 2.05) is 6.92 Å². The molecule has 6 heteroatoms.